The molecule has 6 nitrogen and oxygen atoms in total. The number of thioether (sulfide) groups is 1. The van der Waals surface area contributed by atoms with Crippen LogP contribution >= 0.6 is 23.4 Å². The average Bonchev–Trinajstić information content (AvgIpc) is 3.10. The summed E-state index contributed by atoms with van der Waals surface area (Å²) >= 11 is 7.44. The smallest absolute Gasteiger partial charge is 0.321 e. The summed E-state index contributed by atoms with van der Waals surface area (Å²) in [6, 6.07) is 16.6. The van der Waals surface area contributed by atoms with E-state index in [0.29, 0.717) is 59.7 Å². The lowest BCUT2D eigenvalue weighted by Crippen LogP contribution is -2.39. The molecule has 1 saturated heterocycles. The molecule has 9 heteroatoms. The number of carbonyl (C=O) groups is 2. The molecule has 1 aromatic heterocycles. The van der Waals surface area contributed by atoms with E-state index in [9.17, 15) is 14.0 Å². The Morgan fingerprint density at radius 2 is 1.76 bits per heavy atom. The maximum Gasteiger partial charge on any atom is 0.321 e. The van der Waals surface area contributed by atoms with Gasteiger partial charge in [0.25, 0.3) is 5.91 Å². The maximum absolute atomic E-state index is 13.3. The number of nitrogens with one attached hydrogen (secondary N) is 1. The summed E-state index contributed by atoms with van der Waals surface area (Å²) in [5, 5.41) is 4.05. The second kappa shape index (κ2) is 11.4. The van der Waals surface area contributed by atoms with Crippen LogP contribution in [0.5, 0.6) is 0 Å². The minimum atomic E-state index is -0.279. The van der Waals surface area contributed by atoms with Crippen LogP contribution in [0.3, 0.4) is 0 Å². The van der Waals surface area contributed by atoms with Crippen molar-refractivity contribution in [2.75, 3.05) is 31.5 Å². The fourth-order valence-corrected chi connectivity index (χ4v) is 4.80. The van der Waals surface area contributed by atoms with Gasteiger partial charge in [0, 0.05) is 48.8 Å². The Morgan fingerprint density at radius 3 is 2.56 bits per heavy atom. The molecule has 0 unspecified atom stereocenters. The number of hydrogen-bond donors (Lipinski definition) is 1. The summed E-state index contributed by atoms with van der Waals surface area (Å²) in [6.45, 7) is 1.96. The van der Waals surface area contributed by atoms with Gasteiger partial charge in [0.1, 0.15) is 10.8 Å². The second-order valence-electron chi connectivity index (χ2n) is 7.84. The van der Waals surface area contributed by atoms with Gasteiger partial charge in [-0.25, -0.2) is 14.2 Å². The van der Waals surface area contributed by atoms with Crippen molar-refractivity contribution in [3.8, 4) is 0 Å². The lowest BCUT2D eigenvalue weighted by Gasteiger charge is -2.23. The molecule has 176 valence electrons. The Kier molecular flexibility index (Phi) is 8.03. The normalized spacial score (nSPS) is 13.9. The third-order valence-electron chi connectivity index (χ3n) is 5.44. The highest BCUT2D eigenvalue weighted by molar-refractivity contribution is 7.98. The Hall–Kier alpha value is -3.10. The fourth-order valence-electron chi connectivity index (χ4n) is 3.66. The number of rotatable bonds is 5. The first kappa shape index (κ1) is 24.0. The highest BCUT2D eigenvalue weighted by Gasteiger charge is 2.25. The summed E-state index contributed by atoms with van der Waals surface area (Å²) in [5.74, 6) is 0.195. The van der Waals surface area contributed by atoms with Gasteiger partial charge in [0.15, 0.2) is 0 Å². The number of carbonyl (C=O) groups excluding carboxylic acids is 2. The molecule has 0 saturated carbocycles. The molecular formula is C25H24ClFN4O2S. The quantitative estimate of drug-likeness (QED) is 0.469. The number of amides is 3. The van der Waals surface area contributed by atoms with Crippen LogP contribution in [0.2, 0.25) is 5.02 Å². The summed E-state index contributed by atoms with van der Waals surface area (Å²) in [5.41, 5.74) is 2.12. The summed E-state index contributed by atoms with van der Waals surface area (Å²) in [4.78, 5) is 33.9. The van der Waals surface area contributed by atoms with Gasteiger partial charge in [-0.2, -0.15) is 0 Å². The van der Waals surface area contributed by atoms with Crippen molar-refractivity contribution in [2.45, 2.75) is 17.2 Å². The van der Waals surface area contributed by atoms with E-state index in [1.54, 1.807) is 64.5 Å². The number of nitrogens with zero attached hydrogens (tertiary/aromatic N) is 3. The van der Waals surface area contributed by atoms with E-state index in [0.717, 1.165) is 5.56 Å². The third kappa shape index (κ3) is 6.27. The lowest BCUT2D eigenvalue weighted by molar-refractivity contribution is 0.0758. The van der Waals surface area contributed by atoms with Crippen LogP contribution in [0, 0.1) is 5.82 Å². The molecule has 0 aliphatic carbocycles. The van der Waals surface area contributed by atoms with Crippen molar-refractivity contribution in [1.29, 1.82) is 0 Å². The largest absolute Gasteiger partial charge is 0.337 e. The van der Waals surface area contributed by atoms with Crippen LogP contribution in [0.1, 0.15) is 22.3 Å². The number of aromatic nitrogens is 1. The minimum absolute atomic E-state index is 0.105. The van der Waals surface area contributed by atoms with Crippen molar-refractivity contribution >= 4 is 41.0 Å². The highest BCUT2D eigenvalue weighted by Crippen LogP contribution is 2.26. The predicted molar refractivity (Wildman–Crippen MR) is 133 cm³/mol. The molecule has 1 aliphatic rings. The standard InChI is InChI=1S/C25H24ClFN4O2S/c26-19-4-1-5-21(16-19)29-25(33)31-13-3-12-30(14-15-31)24(32)22-6-2-11-28-23(22)34-17-18-7-9-20(27)10-8-18/h1-2,4-11,16H,3,12-15,17H2,(H,29,33). The maximum atomic E-state index is 13.3. The highest BCUT2D eigenvalue weighted by atomic mass is 35.5. The van der Waals surface area contributed by atoms with Crippen molar-refractivity contribution in [1.82, 2.24) is 14.8 Å². The van der Waals surface area contributed by atoms with Gasteiger partial charge in [-0.3, -0.25) is 4.79 Å². The molecule has 3 aromatic rings. The topological polar surface area (TPSA) is 65.5 Å². The van der Waals surface area contributed by atoms with E-state index in [-0.39, 0.29) is 17.8 Å². The monoisotopic (exact) mass is 498 g/mol. The van der Waals surface area contributed by atoms with Gasteiger partial charge >= 0.3 is 6.03 Å². The van der Waals surface area contributed by atoms with E-state index in [4.69, 9.17) is 11.6 Å². The van der Waals surface area contributed by atoms with E-state index >= 15 is 0 Å². The number of anilines is 1. The Balaban J connectivity index is 1.38. The summed E-state index contributed by atoms with van der Waals surface area (Å²) in [6.07, 6.45) is 2.33. The van der Waals surface area contributed by atoms with E-state index in [1.807, 2.05) is 0 Å². The van der Waals surface area contributed by atoms with Crippen LogP contribution in [-0.4, -0.2) is 52.9 Å². The molecule has 0 atom stereocenters. The number of urea groups is 1. The fraction of sp³-hybridized carbons (Fsp3) is 0.240. The zero-order valence-corrected chi connectivity index (χ0v) is 20.0. The molecule has 1 fully saturated rings. The molecule has 4 rings (SSSR count). The zero-order valence-electron chi connectivity index (χ0n) is 18.4. The van der Waals surface area contributed by atoms with Gasteiger partial charge in [0.2, 0.25) is 0 Å². The SMILES string of the molecule is O=C(Nc1cccc(Cl)c1)N1CCCN(C(=O)c2cccnc2SCc2ccc(F)cc2)CC1. The molecule has 0 spiro atoms. The third-order valence-corrected chi connectivity index (χ3v) is 6.75. The van der Waals surface area contributed by atoms with Gasteiger partial charge in [0.05, 0.1) is 5.56 Å². The van der Waals surface area contributed by atoms with Gasteiger partial charge in [-0.1, -0.05) is 29.8 Å². The molecule has 3 amide bonds. The first-order valence-electron chi connectivity index (χ1n) is 10.9. The van der Waals surface area contributed by atoms with Crippen molar-refractivity contribution in [3.63, 3.8) is 0 Å². The first-order valence-corrected chi connectivity index (χ1v) is 12.3. The first-order chi connectivity index (χ1) is 16.5. The molecule has 2 heterocycles. The summed E-state index contributed by atoms with van der Waals surface area (Å²) < 4.78 is 13.2. The van der Waals surface area contributed by atoms with Gasteiger partial charge in [-0.15, -0.1) is 11.8 Å². The van der Waals surface area contributed by atoms with Crippen LogP contribution in [0.25, 0.3) is 0 Å². The van der Waals surface area contributed by atoms with Gasteiger partial charge in [-0.05, 0) is 54.4 Å². The van der Waals surface area contributed by atoms with Crippen LogP contribution < -0.4 is 5.32 Å². The predicted octanol–water partition coefficient (Wildman–Crippen LogP) is 5.55. The van der Waals surface area contributed by atoms with Crippen LogP contribution in [0.4, 0.5) is 14.9 Å². The summed E-state index contributed by atoms with van der Waals surface area (Å²) in [7, 11) is 0. The average molecular weight is 499 g/mol. The van der Waals surface area contributed by atoms with E-state index < -0.39 is 0 Å². The Labute approximate surface area is 207 Å². The Bertz CT molecular complexity index is 1160. The van der Waals surface area contributed by atoms with Crippen LogP contribution in [0.15, 0.2) is 71.9 Å². The molecule has 0 radical (unpaired) electrons. The molecule has 2 aromatic carbocycles. The number of halogens is 2. The van der Waals surface area contributed by atoms with Gasteiger partial charge < -0.3 is 15.1 Å². The number of benzene rings is 2. The van der Waals surface area contributed by atoms with Crippen molar-refractivity contribution < 1.29 is 14.0 Å². The van der Waals surface area contributed by atoms with Crippen LogP contribution in [-0.2, 0) is 5.75 Å². The lowest BCUT2D eigenvalue weighted by atomic mass is 10.2. The minimum Gasteiger partial charge on any atom is -0.337 e. The number of hydrogen-bond acceptors (Lipinski definition) is 4. The van der Waals surface area contributed by atoms with E-state index in [2.05, 4.69) is 10.3 Å². The zero-order chi connectivity index (χ0) is 23.9. The second-order valence-corrected chi connectivity index (χ2v) is 9.25. The van der Waals surface area contributed by atoms with Crippen molar-refractivity contribution in [2.24, 2.45) is 0 Å². The van der Waals surface area contributed by atoms with E-state index in [1.165, 1.54) is 23.9 Å². The molecule has 0 bridgehead atoms. The molecule has 1 aliphatic heterocycles. The molecular weight excluding hydrogens is 475 g/mol. The number of pyridine rings is 1. The molecule has 34 heavy (non-hydrogen) atoms. The Morgan fingerprint density at radius 1 is 1.00 bits per heavy atom. The van der Waals surface area contributed by atoms with Crippen molar-refractivity contribution in [3.05, 3.63) is 88.8 Å². The molecule has 1 N–H and O–H groups in total.